The maximum atomic E-state index is 12.5. The minimum atomic E-state index is -3.00. The van der Waals surface area contributed by atoms with Crippen LogP contribution in [0.1, 0.15) is 22.5 Å². The van der Waals surface area contributed by atoms with Gasteiger partial charge in [-0.3, -0.25) is 4.79 Å². The number of halogens is 4. The van der Waals surface area contributed by atoms with Gasteiger partial charge in [0.1, 0.15) is 5.69 Å². The van der Waals surface area contributed by atoms with Crippen LogP contribution in [0.25, 0.3) is 0 Å². The van der Waals surface area contributed by atoms with Crippen molar-refractivity contribution in [2.24, 2.45) is 0 Å². The molecule has 0 fully saturated rings. The van der Waals surface area contributed by atoms with E-state index in [4.69, 9.17) is 11.6 Å². The average molecular weight is 210 g/mol. The van der Waals surface area contributed by atoms with Crippen molar-refractivity contribution in [3.8, 4) is 0 Å². The number of aromatic nitrogens is 1. The average Bonchev–Trinajstić information content (AvgIpc) is 2.08. The molecule has 1 aromatic heterocycles. The minimum absolute atomic E-state index is 0.193. The lowest BCUT2D eigenvalue weighted by atomic mass is 10.2. The number of hydrogen-bond donors (Lipinski definition) is 0. The second-order valence-corrected chi connectivity index (χ2v) is 2.53. The molecule has 6 heteroatoms. The van der Waals surface area contributed by atoms with Crippen LogP contribution in [-0.4, -0.2) is 11.3 Å². The summed E-state index contributed by atoms with van der Waals surface area (Å²) in [7, 11) is 0. The molecule has 0 amide bonds. The van der Waals surface area contributed by atoms with Crippen LogP contribution in [0.5, 0.6) is 0 Å². The molecule has 0 unspecified atom stereocenters. The smallest absolute Gasteiger partial charge is 0.281 e. The van der Waals surface area contributed by atoms with E-state index >= 15 is 0 Å². The third-order valence-corrected chi connectivity index (χ3v) is 1.73. The molecule has 2 nitrogen and oxygen atoms in total. The van der Waals surface area contributed by atoms with Gasteiger partial charge in [-0.05, 0) is 0 Å². The van der Waals surface area contributed by atoms with Crippen molar-refractivity contribution in [2.45, 2.75) is 6.43 Å². The Morgan fingerprint density at radius 3 is 2.62 bits per heavy atom. The van der Waals surface area contributed by atoms with Gasteiger partial charge in [0.25, 0.3) is 6.43 Å². The number of rotatable bonds is 2. The monoisotopic (exact) mass is 209 g/mol. The molecule has 1 rings (SSSR count). The second-order valence-electron chi connectivity index (χ2n) is 2.15. The molecule has 0 N–H and O–H groups in total. The zero-order valence-corrected chi connectivity index (χ0v) is 6.86. The van der Waals surface area contributed by atoms with Gasteiger partial charge < -0.3 is 0 Å². The Morgan fingerprint density at radius 2 is 2.15 bits per heavy atom. The maximum absolute atomic E-state index is 12.5. The number of aldehydes is 1. The highest BCUT2D eigenvalue weighted by Crippen LogP contribution is 2.27. The summed E-state index contributed by atoms with van der Waals surface area (Å²) in [6, 6.07) is 0.696. The Bertz CT molecular complexity index is 343. The first kappa shape index (κ1) is 9.98. The van der Waals surface area contributed by atoms with Gasteiger partial charge in [0, 0.05) is 11.6 Å². The van der Waals surface area contributed by atoms with E-state index in [1.165, 1.54) is 0 Å². The first-order chi connectivity index (χ1) is 6.06. The summed E-state index contributed by atoms with van der Waals surface area (Å²) in [6.07, 6.45) is -2.80. The van der Waals surface area contributed by atoms with Gasteiger partial charge in [0.2, 0.25) is 5.95 Å². The third-order valence-electron chi connectivity index (χ3n) is 1.31. The van der Waals surface area contributed by atoms with Crippen molar-refractivity contribution in [1.29, 1.82) is 0 Å². The number of carbonyl (C=O) groups is 1. The molecule has 0 aromatic carbocycles. The summed E-state index contributed by atoms with van der Waals surface area (Å²) in [5.41, 5.74) is -1.24. The fourth-order valence-electron chi connectivity index (χ4n) is 0.766. The number of hydrogen-bond acceptors (Lipinski definition) is 2. The molecule has 1 heterocycles. The lowest BCUT2D eigenvalue weighted by Crippen LogP contribution is -1.98. The van der Waals surface area contributed by atoms with E-state index in [1.807, 2.05) is 0 Å². The Hall–Kier alpha value is -1.10. The van der Waals surface area contributed by atoms with Crippen LogP contribution < -0.4 is 0 Å². The van der Waals surface area contributed by atoms with Gasteiger partial charge in [0.05, 0.1) is 5.02 Å². The summed E-state index contributed by atoms with van der Waals surface area (Å²) >= 11 is 5.34. The van der Waals surface area contributed by atoms with Crippen LogP contribution in [-0.2, 0) is 0 Å². The van der Waals surface area contributed by atoms with Crippen LogP contribution in [0.4, 0.5) is 13.2 Å². The fraction of sp³-hybridized carbons (Fsp3) is 0.143. The van der Waals surface area contributed by atoms with E-state index in [0.717, 1.165) is 0 Å². The molecule has 0 spiro atoms. The number of pyridine rings is 1. The largest absolute Gasteiger partial charge is 0.298 e. The maximum Gasteiger partial charge on any atom is 0.281 e. The summed E-state index contributed by atoms with van der Waals surface area (Å²) < 4.78 is 36.7. The van der Waals surface area contributed by atoms with Gasteiger partial charge in [-0.15, -0.1) is 0 Å². The molecule has 0 saturated heterocycles. The number of carbonyl (C=O) groups excluding carboxylic acids is 1. The fourth-order valence-corrected chi connectivity index (χ4v) is 0.990. The molecular formula is C7H3ClF3NO. The molecule has 0 saturated carbocycles. The Morgan fingerprint density at radius 1 is 1.54 bits per heavy atom. The zero-order valence-electron chi connectivity index (χ0n) is 6.10. The Balaban J connectivity index is 3.35. The number of alkyl halides is 2. The molecule has 0 aliphatic carbocycles. The SMILES string of the molecule is O=Cc1cc(F)nc(C(F)F)c1Cl. The molecule has 0 aliphatic rings. The third kappa shape index (κ3) is 1.98. The lowest BCUT2D eigenvalue weighted by Gasteiger charge is -2.03. The van der Waals surface area contributed by atoms with Crippen molar-refractivity contribution >= 4 is 17.9 Å². The highest BCUT2D eigenvalue weighted by Gasteiger charge is 2.18. The predicted octanol–water partition coefficient (Wildman–Crippen LogP) is 2.62. The van der Waals surface area contributed by atoms with E-state index < -0.39 is 23.1 Å². The molecule has 0 radical (unpaired) electrons. The van der Waals surface area contributed by atoms with E-state index in [0.29, 0.717) is 6.07 Å². The predicted molar refractivity (Wildman–Crippen MR) is 39.5 cm³/mol. The van der Waals surface area contributed by atoms with Gasteiger partial charge in [-0.25, -0.2) is 13.8 Å². The summed E-state index contributed by atoms with van der Waals surface area (Å²) in [5, 5.41) is -0.508. The van der Waals surface area contributed by atoms with E-state index in [2.05, 4.69) is 4.98 Å². The molecule has 13 heavy (non-hydrogen) atoms. The van der Waals surface area contributed by atoms with E-state index in [-0.39, 0.29) is 11.8 Å². The summed E-state index contributed by atoms with van der Waals surface area (Å²) in [4.78, 5) is 13.1. The van der Waals surface area contributed by atoms with Gasteiger partial charge in [-0.1, -0.05) is 11.6 Å². The first-order valence-corrected chi connectivity index (χ1v) is 3.53. The van der Waals surface area contributed by atoms with E-state index in [1.54, 1.807) is 0 Å². The summed E-state index contributed by atoms with van der Waals surface area (Å²) in [5.74, 6) is -1.15. The summed E-state index contributed by atoms with van der Waals surface area (Å²) in [6.45, 7) is 0. The van der Waals surface area contributed by atoms with Gasteiger partial charge in [0.15, 0.2) is 6.29 Å². The van der Waals surface area contributed by atoms with Gasteiger partial charge >= 0.3 is 0 Å². The van der Waals surface area contributed by atoms with Crippen molar-refractivity contribution in [1.82, 2.24) is 4.98 Å². The van der Waals surface area contributed by atoms with Crippen molar-refractivity contribution in [2.75, 3.05) is 0 Å². The van der Waals surface area contributed by atoms with Crippen molar-refractivity contribution in [3.05, 3.63) is 28.3 Å². The molecular weight excluding hydrogens is 207 g/mol. The van der Waals surface area contributed by atoms with Crippen LogP contribution >= 0.6 is 11.6 Å². The van der Waals surface area contributed by atoms with Crippen molar-refractivity contribution < 1.29 is 18.0 Å². The standard InChI is InChI=1S/C7H3ClF3NO/c8-5-3(2-13)1-4(9)12-6(5)7(10)11/h1-2,7H. The first-order valence-electron chi connectivity index (χ1n) is 3.15. The van der Waals surface area contributed by atoms with Crippen LogP contribution in [0, 0.1) is 5.95 Å². The quantitative estimate of drug-likeness (QED) is 0.554. The molecule has 70 valence electrons. The topological polar surface area (TPSA) is 30.0 Å². The van der Waals surface area contributed by atoms with Crippen LogP contribution in [0.15, 0.2) is 6.07 Å². The van der Waals surface area contributed by atoms with Crippen LogP contribution in [0.3, 0.4) is 0 Å². The molecule has 0 atom stereocenters. The van der Waals surface area contributed by atoms with Crippen molar-refractivity contribution in [3.63, 3.8) is 0 Å². The van der Waals surface area contributed by atoms with E-state index in [9.17, 15) is 18.0 Å². The molecule has 0 aliphatic heterocycles. The van der Waals surface area contributed by atoms with Crippen LogP contribution in [0.2, 0.25) is 5.02 Å². The Labute approximate surface area is 76.3 Å². The van der Waals surface area contributed by atoms with Gasteiger partial charge in [-0.2, -0.15) is 4.39 Å². The molecule has 1 aromatic rings. The lowest BCUT2D eigenvalue weighted by molar-refractivity contribution is 0.112. The minimum Gasteiger partial charge on any atom is -0.298 e. The number of nitrogens with zero attached hydrogens (tertiary/aromatic N) is 1. The second kappa shape index (κ2) is 3.74. The highest BCUT2D eigenvalue weighted by atomic mass is 35.5. The zero-order chi connectivity index (χ0) is 10.0. The Kier molecular flexibility index (Phi) is 2.87. The highest BCUT2D eigenvalue weighted by molar-refractivity contribution is 6.33. The normalized spacial score (nSPS) is 10.5. The molecule has 0 bridgehead atoms.